The smallest absolute Gasteiger partial charge is 0.286 e. The van der Waals surface area contributed by atoms with Crippen molar-refractivity contribution in [2.45, 2.75) is 0 Å². The highest BCUT2D eigenvalue weighted by Gasteiger charge is 2.30. The molecule has 0 bridgehead atoms. The molecule has 9 nitrogen and oxygen atoms in total. The summed E-state index contributed by atoms with van der Waals surface area (Å²) in [4.78, 5) is 40.5. The summed E-state index contributed by atoms with van der Waals surface area (Å²) in [5.41, 5.74) is 6.76. The van der Waals surface area contributed by atoms with Crippen LogP contribution in [0.5, 0.6) is 5.75 Å². The van der Waals surface area contributed by atoms with E-state index in [2.05, 4.69) is 19.9 Å². The minimum absolute atomic E-state index is 0.116. The molecule has 0 radical (unpaired) electrons. The Morgan fingerprint density at radius 1 is 1.21 bits per heavy atom. The molecule has 0 spiro atoms. The Balaban J connectivity index is 1.93. The van der Waals surface area contributed by atoms with Crippen LogP contribution in [0.1, 0.15) is 21.0 Å². The summed E-state index contributed by atoms with van der Waals surface area (Å²) in [5.74, 6) is -0.776. The molecule has 2 aromatic heterocycles. The van der Waals surface area contributed by atoms with Crippen molar-refractivity contribution in [3.05, 3.63) is 65.2 Å². The van der Waals surface area contributed by atoms with Crippen molar-refractivity contribution in [3.8, 4) is 5.75 Å². The van der Waals surface area contributed by atoms with Crippen LogP contribution in [0.4, 0.5) is 11.6 Å². The molecule has 4 N–H and O–H groups in total. The summed E-state index contributed by atoms with van der Waals surface area (Å²) in [7, 11) is 1.50. The van der Waals surface area contributed by atoms with Gasteiger partial charge >= 0.3 is 0 Å². The highest BCUT2D eigenvalue weighted by atomic mass is 35.5. The molecule has 0 unspecified atom stereocenters. The molecule has 0 saturated carbocycles. The number of aromatic nitrogens is 4. The first-order chi connectivity index (χ1) is 14.0. The van der Waals surface area contributed by atoms with Crippen molar-refractivity contribution < 1.29 is 14.3 Å². The van der Waals surface area contributed by atoms with Crippen molar-refractivity contribution in [2.75, 3.05) is 12.0 Å². The maximum atomic E-state index is 13.4. The molecule has 0 aliphatic carbocycles. The minimum Gasteiger partial charge on any atom is -0.497 e. The molecule has 2 amide bonds. The number of primary amides is 1. The molecule has 10 heteroatoms. The monoisotopic (exact) mass is 410 g/mol. The summed E-state index contributed by atoms with van der Waals surface area (Å²) >= 11 is 6.39. The number of nitrogens with one attached hydrogen (secondary N) is 2. The Morgan fingerprint density at radius 2 is 2.00 bits per heavy atom. The summed E-state index contributed by atoms with van der Waals surface area (Å²) in [6, 6.07) is 12.1. The maximum absolute atomic E-state index is 13.4. The molecule has 4 aromatic rings. The van der Waals surface area contributed by atoms with E-state index in [1.165, 1.54) is 18.3 Å². The predicted octanol–water partition coefficient (Wildman–Crippen LogP) is 3.03. The van der Waals surface area contributed by atoms with Gasteiger partial charge in [0.1, 0.15) is 11.4 Å². The third kappa shape index (κ3) is 3.27. The Kier molecular flexibility index (Phi) is 4.65. The van der Waals surface area contributed by atoms with Crippen molar-refractivity contribution in [3.63, 3.8) is 0 Å². The third-order valence-corrected chi connectivity index (χ3v) is 4.59. The van der Waals surface area contributed by atoms with Crippen molar-refractivity contribution in [1.29, 1.82) is 0 Å². The highest BCUT2D eigenvalue weighted by molar-refractivity contribution is 6.34. The third-order valence-electron chi connectivity index (χ3n) is 4.27. The van der Waals surface area contributed by atoms with Gasteiger partial charge in [-0.15, -0.1) is 0 Å². The zero-order chi connectivity index (χ0) is 20.5. The first-order valence-electron chi connectivity index (χ1n) is 8.45. The maximum Gasteiger partial charge on any atom is 0.286 e. The molecule has 4 rings (SSSR count). The van der Waals surface area contributed by atoms with Gasteiger partial charge in [0, 0.05) is 6.07 Å². The highest BCUT2D eigenvalue weighted by Crippen LogP contribution is 2.35. The lowest BCUT2D eigenvalue weighted by molar-refractivity contribution is 0.0961. The fourth-order valence-corrected chi connectivity index (χ4v) is 3.11. The molecule has 146 valence electrons. The lowest BCUT2D eigenvalue weighted by Crippen LogP contribution is -2.30. The normalized spacial score (nSPS) is 10.8. The van der Waals surface area contributed by atoms with Crippen LogP contribution < -0.4 is 15.4 Å². The van der Waals surface area contributed by atoms with Crippen LogP contribution >= 0.6 is 11.6 Å². The SMILES string of the molecule is COc1ccc(Cl)c(N(C(=O)c2nc[nH]c2C(N)=O)c2nc3ccccc3[nH]2)c1. The quantitative estimate of drug-likeness (QED) is 0.465. The standard InChI is InChI=1S/C19H15ClN6O3/c1-29-10-6-7-11(20)14(8-10)26(18(28)16-15(17(21)27)22-9-23-16)19-24-12-4-2-3-5-13(12)25-19/h2-9H,1H3,(H2,21,27)(H,22,23)(H,24,25). The van der Waals surface area contributed by atoms with Gasteiger partial charge in [0.2, 0.25) is 5.95 Å². The van der Waals surface area contributed by atoms with Crippen LogP contribution in [0, 0.1) is 0 Å². The number of methoxy groups -OCH3 is 1. The van der Waals surface area contributed by atoms with Crippen LogP contribution in [0.15, 0.2) is 48.8 Å². The van der Waals surface area contributed by atoms with E-state index in [-0.39, 0.29) is 22.4 Å². The van der Waals surface area contributed by atoms with Gasteiger partial charge in [-0.2, -0.15) is 0 Å². The molecular weight excluding hydrogens is 396 g/mol. The number of anilines is 2. The molecular formula is C19H15ClN6O3. The molecule has 2 heterocycles. The van der Waals surface area contributed by atoms with Gasteiger partial charge in [-0.05, 0) is 24.3 Å². The van der Waals surface area contributed by atoms with E-state index in [9.17, 15) is 9.59 Å². The van der Waals surface area contributed by atoms with Crippen LogP contribution in [-0.2, 0) is 0 Å². The number of H-pyrrole nitrogens is 2. The van der Waals surface area contributed by atoms with Crippen LogP contribution in [0.25, 0.3) is 11.0 Å². The van der Waals surface area contributed by atoms with Gasteiger partial charge < -0.3 is 20.4 Å². The zero-order valence-electron chi connectivity index (χ0n) is 15.1. The summed E-state index contributed by atoms with van der Waals surface area (Å²) in [6.07, 6.45) is 1.22. The fourth-order valence-electron chi connectivity index (χ4n) is 2.91. The van der Waals surface area contributed by atoms with E-state index in [0.29, 0.717) is 17.0 Å². The number of nitrogens with zero attached hydrogens (tertiary/aromatic N) is 3. The number of carbonyl (C=O) groups is 2. The van der Waals surface area contributed by atoms with Gasteiger partial charge in [0.25, 0.3) is 11.8 Å². The first-order valence-corrected chi connectivity index (χ1v) is 8.83. The van der Waals surface area contributed by atoms with E-state index in [4.69, 9.17) is 22.1 Å². The van der Waals surface area contributed by atoms with Crippen LogP contribution in [0.2, 0.25) is 5.02 Å². The second-order valence-electron chi connectivity index (χ2n) is 6.03. The first kappa shape index (κ1) is 18.5. The van der Waals surface area contributed by atoms with Crippen LogP contribution in [-0.4, -0.2) is 38.9 Å². The largest absolute Gasteiger partial charge is 0.497 e. The van der Waals surface area contributed by atoms with E-state index < -0.39 is 11.8 Å². The average Bonchev–Trinajstić information content (AvgIpc) is 3.36. The van der Waals surface area contributed by atoms with Crippen LogP contribution in [0.3, 0.4) is 0 Å². The van der Waals surface area contributed by atoms with Gasteiger partial charge in [-0.25, -0.2) is 14.9 Å². The Hall–Kier alpha value is -3.85. The predicted molar refractivity (Wildman–Crippen MR) is 108 cm³/mol. The number of nitrogens with two attached hydrogens (primary N) is 1. The number of para-hydroxylation sites is 2. The Bertz CT molecular complexity index is 1200. The van der Waals surface area contributed by atoms with E-state index in [1.807, 2.05) is 18.2 Å². The Morgan fingerprint density at radius 3 is 2.72 bits per heavy atom. The lowest BCUT2D eigenvalue weighted by Gasteiger charge is -2.21. The van der Waals surface area contributed by atoms with E-state index in [1.54, 1.807) is 24.3 Å². The molecule has 0 aliphatic heterocycles. The van der Waals surface area contributed by atoms with E-state index in [0.717, 1.165) is 5.52 Å². The molecule has 2 aromatic carbocycles. The van der Waals surface area contributed by atoms with E-state index >= 15 is 0 Å². The van der Waals surface area contributed by atoms with Gasteiger partial charge in [-0.1, -0.05) is 23.7 Å². The van der Waals surface area contributed by atoms with Crippen molar-refractivity contribution in [2.24, 2.45) is 5.73 Å². The number of amides is 2. The summed E-state index contributed by atoms with van der Waals surface area (Å²) in [5, 5.41) is 0.274. The molecule has 0 fully saturated rings. The number of halogens is 1. The summed E-state index contributed by atoms with van der Waals surface area (Å²) < 4.78 is 5.26. The van der Waals surface area contributed by atoms with Gasteiger partial charge in [0.15, 0.2) is 5.69 Å². The second-order valence-corrected chi connectivity index (χ2v) is 6.43. The molecule has 0 aliphatic rings. The number of hydrogen-bond donors (Lipinski definition) is 3. The number of fused-ring (bicyclic) bond motifs is 1. The average molecular weight is 411 g/mol. The van der Waals surface area contributed by atoms with Crippen molar-refractivity contribution in [1.82, 2.24) is 19.9 Å². The number of carbonyl (C=O) groups excluding carboxylic acids is 2. The van der Waals surface area contributed by atoms with Gasteiger partial charge in [0.05, 0.1) is 35.2 Å². The fraction of sp³-hybridized carbons (Fsp3) is 0.0526. The number of benzene rings is 2. The van der Waals surface area contributed by atoms with Crippen molar-refractivity contribution >= 4 is 46.1 Å². The number of hydrogen-bond acceptors (Lipinski definition) is 5. The van der Waals surface area contributed by atoms with Gasteiger partial charge in [-0.3, -0.25) is 9.59 Å². The molecule has 0 saturated heterocycles. The molecule has 0 atom stereocenters. The number of rotatable bonds is 5. The topological polar surface area (TPSA) is 130 Å². The number of imidazole rings is 2. The minimum atomic E-state index is -0.813. The zero-order valence-corrected chi connectivity index (χ0v) is 15.9. The lowest BCUT2D eigenvalue weighted by atomic mass is 10.2. The number of ether oxygens (including phenoxy) is 1. The molecule has 29 heavy (non-hydrogen) atoms. The Labute approximate surface area is 169 Å². The summed E-state index contributed by atoms with van der Waals surface area (Å²) in [6.45, 7) is 0. The number of aromatic amines is 2. The second kappa shape index (κ2) is 7.28.